The molecule has 30 heavy (non-hydrogen) atoms. The summed E-state index contributed by atoms with van der Waals surface area (Å²) >= 11 is 7.19. The van der Waals surface area contributed by atoms with Crippen molar-refractivity contribution in [3.63, 3.8) is 0 Å². The summed E-state index contributed by atoms with van der Waals surface area (Å²) in [5.74, 6) is -0.116. The molecule has 3 fully saturated rings. The third-order valence-corrected chi connectivity index (χ3v) is 7.75. The number of nitrogens with zero attached hydrogens (tertiary/aromatic N) is 2. The van der Waals surface area contributed by atoms with E-state index < -0.39 is 0 Å². The zero-order chi connectivity index (χ0) is 20.9. The highest BCUT2D eigenvalue weighted by Crippen LogP contribution is 2.48. The summed E-state index contributed by atoms with van der Waals surface area (Å²) in [6.07, 6.45) is 3.07. The monoisotopic (exact) mass is 445 g/mol. The van der Waals surface area contributed by atoms with Crippen LogP contribution in [0.3, 0.4) is 0 Å². The van der Waals surface area contributed by atoms with E-state index in [1.165, 1.54) is 16.9 Å². The Kier molecular flexibility index (Phi) is 5.09. The summed E-state index contributed by atoms with van der Waals surface area (Å²) in [6.45, 7) is 2.09. The van der Waals surface area contributed by atoms with Crippen LogP contribution in [0.1, 0.15) is 34.5 Å². The Labute approximate surface area is 184 Å². The Morgan fingerprint density at radius 2 is 2.03 bits per heavy atom. The molecule has 2 aromatic rings. The van der Waals surface area contributed by atoms with Gasteiger partial charge in [0.25, 0.3) is 5.91 Å². The molecule has 5 rings (SSSR count). The van der Waals surface area contributed by atoms with Crippen LogP contribution in [-0.4, -0.2) is 55.7 Å². The van der Waals surface area contributed by atoms with E-state index in [1.54, 1.807) is 19.2 Å². The molecule has 1 saturated carbocycles. The lowest BCUT2D eigenvalue weighted by atomic mass is 9.96. The van der Waals surface area contributed by atoms with Crippen molar-refractivity contribution in [1.29, 1.82) is 0 Å². The zero-order valence-corrected chi connectivity index (χ0v) is 18.3. The molecule has 0 unspecified atom stereocenters. The number of hydrogen-bond donors (Lipinski definition) is 1. The molecule has 0 bridgehead atoms. The van der Waals surface area contributed by atoms with Crippen LogP contribution < -0.4 is 10.2 Å². The van der Waals surface area contributed by atoms with Crippen LogP contribution >= 0.6 is 22.9 Å². The maximum Gasteiger partial charge on any atom is 0.261 e. The van der Waals surface area contributed by atoms with E-state index in [1.807, 2.05) is 17.0 Å². The number of anilines is 1. The maximum atomic E-state index is 13.2. The molecule has 6 nitrogen and oxygen atoms in total. The molecule has 1 N–H and O–H groups in total. The summed E-state index contributed by atoms with van der Waals surface area (Å²) in [5, 5.41) is 3.04. The molecule has 1 aromatic carbocycles. The molecule has 158 valence electrons. The molecule has 3 heterocycles. The lowest BCUT2D eigenvalue weighted by Gasteiger charge is -2.21. The number of halogens is 1. The van der Waals surface area contributed by atoms with E-state index in [2.05, 4.69) is 22.3 Å². The maximum absolute atomic E-state index is 13.2. The van der Waals surface area contributed by atoms with Gasteiger partial charge in [-0.25, -0.2) is 0 Å². The van der Waals surface area contributed by atoms with Gasteiger partial charge in [-0.15, -0.1) is 11.3 Å². The number of carbonyl (C=O) groups excluding carboxylic acids is 2. The average Bonchev–Trinajstić information content (AvgIpc) is 3.06. The van der Waals surface area contributed by atoms with Gasteiger partial charge in [-0.2, -0.15) is 0 Å². The third-order valence-electron chi connectivity index (χ3n) is 6.52. The van der Waals surface area contributed by atoms with Gasteiger partial charge in [-0.3, -0.25) is 19.4 Å². The van der Waals surface area contributed by atoms with Gasteiger partial charge in [0.15, 0.2) is 0 Å². The lowest BCUT2D eigenvalue weighted by Crippen LogP contribution is -2.46. The van der Waals surface area contributed by atoms with Crippen molar-refractivity contribution in [2.45, 2.75) is 36.8 Å². The molecule has 2 atom stereocenters. The van der Waals surface area contributed by atoms with E-state index in [0.717, 1.165) is 38.1 Å². The Hall–Kier alpha value is -1.93. The van der Waals surface area contributed by atoms with Gasteiger partial charge < -0.3 is 10.1 Å². The summed E-state index contributed by atoms with van der Waals surface area (Å²) in [4.78, 5) is 30.3. The van der Waals surface area contributed by atoms with Gasteiger partial charge in [0.2, 0.25) is 5.91 Å². The summed E-state index contributed by atoms with van der Waals surface area (Å²) in [5.41, 5.74) is 2.34. The van der Waals surface area contributed by atoms with Gasteiger partial charge >= 0.3 is 0 Å². The Balaban J connectivity index is 1.28. The van der Waals surface area contributed by atoms with Crippen molar-refractivity contribution >= 4 is 40.4 Å². The van der Waals surface area contributed by atoms with Gasteiger partial charge in [-0.05, 0) is 49.1 Å². The van der Waals surface area contributed by atoms with Crippen LogP contribution in [-0.2, 0) is 14.9 Å². The quantitative estimate of drug-likeness (QED) is 0.741. The van der Waals surface area contributed by atoms with E-state index in [4.69, 9.17) is 16.3 Å². The molecule has 2 amide bonds. The SMILES string of the molecule is COCC1(c2ccc(N3CN4CC[C@@H](NC(=O)c5ccc(Cl)s5)[C@H]4C3=O)cc2)CC1. The fourth-order valence-corrected chi connectivity index (χ4v) is 5.67. The van der Waals surface area contributed by atoms with E-state index in [9.17, 15) is 9.59 Å². The van der Waals surface area contributed by atoms with Crippen molar-refractivity contribution in [3.8, 4) is 0 Å². The molecular formula is C22H24ClN3O3S. The topological polar surface area (TPSA) is 61.9 Å². The lowest BCUT2D eigenvalue weighted by molar-refractivity contribution is -0.119. The van der Waals surface area contributed by atoms with E-state index >= 15 is 0 Å². The summed E-state index contributed by atoms with van der Waals surface area (Å²) < 4.78 is 5.97. The summed E-state index contributed by atoms with van der Waals surface area (Å²) in [6, 6.07) is 11.2. The highest BCUT2D eigenvalue weighted by Gasteiger charge is 2.48. The van der Waals surface area contributed by atoms with Gasteiger partial charge in [0.1, 0.15) is 6.04 Å². The third kappa shape index (κ3) is 3.43. The number of benzene rings is 1. The van der Waals surface area contributed by atoms with Crippen molar-refractivity contribution in [3.05, 3.63) is 51.2 Å². The molecular weight excluding hydrogens is 422 g/mol. The van der Waals surface area contributed by atoms with Crippen molar-refractivity contribution < 1.29 is 14.3 Å². The molecule has 8 heteroatoms. The molecule has 2 saturated heterocycles. The molecule has 0 spiro atoms. The van der Waals surface area contributed by atoms with Gasteiger partial charge in [-0.1, -0.05) is 23.7 Å². The first-order chi connectivity index (χ1) is 14.5. The van der Waals surface area contributed by atoms with Gasteiger partial charge in [0.05, 0.1) is 28.5 Å². The number of nitrogens with one attached hydrogen (secondary N) is 1. The standard InChI is InChI=1S/C22H24ClN3O3S/c1-29-12-22(9-10-22)14-2-4-15(5-3-14)26-13-25-11-8-16(19(25)21(26)28)24-20(27)17-6-7-18(23)30-17/h2-7,16,19H,8-13H2,1H3,(H,24,27)/t16-,19+/m1/s1. The first-order valence-electron chi connectivity index (χ1n) is 10.2. The van der Waals surface area contributed by atoms with Crippen molar-refractivity contribution in [2.24, 2.45) is 0 Å². The van der Waals surface area contributed by atoms with Crippen molar-refractivity contribution in [1.82, 2.24) is 10.2 Å². The second kappa shape index (κ2) is 7.64. The zero-order valence-electron chi connectivity index (χ0n) is 16.8. The first-order valence-corrected chi connectivity index (χ1v) is 11.4. The van der Waals surface area contributed by atoms with E-state index in [-0.39, 0.29) is 29.3 Å². The minimum absolute atomic E-state index is 0.0489. The van der Waals surface area contributed by atoms with Crippen LogP contribution in [0.5, 0.6) is 0 Å². The minimum Gasteiger partial charge on any atom is -0.384 e. The number of amides is 2. The molecule has 1 aliphatic carbocycles. The smallest absolute Gasteiger partial charge is 0.261 e. The second-order valence-electron chi connectivity index (χ2n) is 8.40. The minimum atomic E-state index is -0.313. The predicted octanol–water partition coefficient (Wildman–Crippen LogP) is 3.26. The number of rotatable bonds is 6. The van der Waals surface area contributed by atoms with E-state index in [0.29, 0.717) is 15.9 Å². The summed E-state index contributed by atoms with van der Waals surface area (Å²) in [7, 11) is 1.74. The van der Waals surface area contributed by atoms with Crippen LogP contribution in [0.2, 0.25) is 4.34 Å². The molecule has 0 radical (unpaired) electrons. The number of hydrogen-bond acceptors (Lipinski definition) is 5. The number of methoxy groups -OCH3 is 1. The van der Waals surface area contributed by atoms with Crippen LogP contribution in [0, 0.1) is 0 Å². The molecule has 1 aromatic heterocycles. The Morgan fingerprint density at radius 3 is 2.67 bits per heavy atom. The fraction of sp³-hybridized carbons (Fsp3) is 0.455. The highest BCUT2D eigenvalue weighted by molar-refractivity contribution is 7.18. The number of thiophene rings is 1. The normalized spacial score (nSPS) is 24.9. The largest absolute Gasteiger partial charge is 0.384 e. The van der Waals surface area contributed by atoms with Crippen molar-refractivity contribution in [2.75, 3.05) is 31.8 Å². The number of ether oxygens (including phenoxy) is 1. The van der Waals surface area contributed by atoms with Crippen LogP contribution in [0.4, 0.5) is 5.69 Å². The highest BCUT2D eigenvalue weighted by atomic mass is 35.5. The average molecular weight is 446 g/mol. The van der Waals surface area contributed by atoms with Crippen LogP contribution in [0.15, 0.2) is 36.4 Å². The number of fused-ring (bicyclic) bond motifs is 1. The molecule has 2 aliphatic heterocycles. The fourth-order valence-electron chi connectivity index (χ4n) is 4.73. The Morgan fingerprint density at radius 1 is 1.27 bits per heavy atom. The first kappa shape index (κ1) is 20.0. The predicted molar refractivity (Wildman–Crippen MR) is 117 cm³/mol. The molecule has 3 aliphatic rings. The second-order valence-corrected chi connectivity index (χ2v) is 10.1. The van der Waals surface area contributed by atoms with Gasteiger partial charge in [0, 0.05) is 24.8 Å². The Bertz CT molecular complexity index is 972. The number of carbonyl (C=O) groups is 2. The van der Waals surface area contributed by atoms with Crippen LogP contribution in [0.25, 0.3) is 0 Å².